The maximum Gasteiger partial charge on any atom is 0.161 e. The zero-order chi connectivity index (χ0) is 23.1. The summed E-state index contributed by atoms with van der Waals surface area (Å²) in [7, 11) is 1.64. The molecule has 1 fully saturated rings. The lowest BCUT2D eigenvalue weighted by Gasteiger charge is -2.38. The van der Waals surface area contributed by atoms with E-state index in [0.717, 1.165) is 36.7 Å². The van der Waals surface area contributed by atoms with Crippen molar-refractivity contribution < 1.29 is 19.3 Å². The molecule has 2 aromatic carbocycles. The van der Waals surface area contributed by atoms with Gasteiger partial charge in [-0.2, -0.15) is 0 Å². The minimum atomic E-state index is -0.794. The third-order valence-corrected chi connectivity index (χ3v) is 6.02. The number of methoxy groups -OCH3 is 1. The molecule has 1 aromatic heterocycles. The number of likely N-dealkylation sites (tertiary alicyclic amines) is 1. The average Bonchev–Trinajstić information content (AvgIpc) is 3.34. The summed E-state index contributed by atoms with van der Waals surface area (Å²) in [5, 5.41) is 18.6. The van der Waals surface area contributed by atoms with Crippen LogP contribution in [0.5, 0.6) is 17.2 Å². The molecule has 1 aliphatic rings. The average molecular weight is 453 g/mol. The first kappa shape index (κ1) is 23.1. The first-order chi connectivity index (χ1) is 16.0. The smallest absolute Gasteiger partial charge is 0.161 e. The van der Waals surface area contributed by atoms with Crippen LogP contribution in [0.2, 0.25) is 0 Å². The van der Waals surface area contributed by atoms with Gasteiger partial charge in [-0.3, -0.25) is 4.90 Å². The Balaban J connectivity index is 1.27. The number of nitrogens with zero attached hydrogens (tertiary/aromatic N) is 4. The molecule has 0 radical (unpaired) electrons. The quantitative estimate of drug-likeness (QED) is 0.506. The molecule has 0 spiro atoms. The van der Waals surface area contributed by atoms with Gasteiger partial charge in [0.05, 0.1) is 13.7 Å². The van der Waals surface area contributed by atoms with Crippen LogP contribution in [-0.4, -0.2) is 63.8 Å². The lowest BCUT2D eigenvalue weighted by atomic mass is 9.92. The third kappa shape index (κ3) is 6.46. The van der Waals surface area contributed by atoms with Crippen molar-refractivity contribution in [3.63, 3.8) is 0 Å². The molecule has 1 N–H and O–H groups in total. The summed E-state index contributed by atoms with van der Waals surface area (Å²) < 4.78 is 19.2. The van der Waals surface area contributed by atoms with E-state index in [-0.39, 0.29) is 0 Å². The highest BCUT2D eigenvalue weighted by atomic mass is 16.5. The van der Waals surface area contributed by atoms with Gasteiger partial charge < -0.3 is 23.9 Å². The molecule has 0 unspecified atom stereocenters. The van der Waals surface area contributed by atoms with E-state index in [0.29, 0.717) is 38.3 Å². The van der Waals surface area contributed by atoms with Gasteiger partial charge in [-0.15, -0.1) is 10.2 Å². The number of hydrogen-bond acceptors (Lipinski definition) is 7. The third-order valence-electron chi connectivity index (χ3n) is 6.02. The minimum Gasteiger partial charge on any atom is -0.493 e. The second-order valence-corrected chi connectivity index (χ2v) is 8.64. The Bertz CT molecular complexity index is 1000. The van der Waals surface area contributed by atoms with Crippen LogP contribution in [0.15, 0.2) is 55.1 Å². The largest absolute Gasteiger partial charge is 0.493 e. The fraction of sp³-hybridized carbons (Fsp3) is 0.440. The Hall–Kier alpha value is -3.10. The molecule has 8 heteroatoms. The highest BCUT2D eigenvalue weighted by Gasteiger charge is 2.33. The van der Waals surface area contributed by atoms with Crippen molar-refractivity contribution in [1.29, 1.82) is 0 Å². The van der Waals surface area contributed by atoms with Crippen molar-refractivity contribution in [2.75, 3.05) is 33.4 Å². The van der Waals surface area contributed by atoms with E-state index in [2.05, 4.69) is 21.2 Å². The normalized spacial score (nSPS) is 15.8. The van der Waals surface area contributed by atoms with E-state index in [9.17, 15) is 5.11 Å². The van der Waals surface area contributed by atoms with Crippen LogP contribution >= 0.6 is 0 Å². The summed E-state index contributed by atoms with van der Waals surface area (Å²) in [6, 6.07) is 14.0. The molecule has 33 heavy (non-hydrogen) atoms. The summed E-state index contributed by atoms with van der Waals surface area (Å²) in [6.07, 6.45) is 4.69. The molecule has 1 saturated heterocycles. The standard InChI is InChI=1S/C25H32N4O4/c1-20-3-6-22(7-4-20)33-17-25(30)9-11-28(12-10-25)16-21-5-8-23(31-2)24(15-21)32-14-13-29-18-26-27-19-29/h3-8,15,18-19,30H,9-14,16-17H2,1-2H3. The first-order valence-electron chi connectivity index (χ1n) is 11.3. The van der Waals surface area contributed by atoms with Gasteiger partial charge >= 0.3 is 0 Å². The predicted octanol–water partition coefficient (Wildman–Crippen LogP) is 3.08. The Morgan fingerprint density at radius 3 is 2.39 bits per heavy atom. The van der Waals surface area contributed by atoms with Gasteiger partial charge in [0, 0.05) is 19.6 Å². The molecule has 176 valence electrons. The topological polar surface area (TPSA) is 81.9 Å². The van der Waals surface area contributed by atoms with Crippen molar-refractivity contribution in [2.24, 2.45) is 0 Å². The molecule has 1 aliphatic heterocycles. The zero-order valence-corrected chi connectivity index (χ0v) is 19.3. The van der Waals surface area contributed by atoms with Crippen molar-refractivity contribution in [3.8, 4) is 17.2 Å². The monoisotopic (exact) mass is 452 g/mol. The molecule has 0 bridgehead atoms. The summed E-state index contributed by atoms with van der Waals surface area (Å²) in [5.41, 5.74) is 1.55. The Labute approximate surface area is 194 Å². The second-order valence-electron chi connectivity index (χ2n) is 8.64. The number of ether oxygens (including phenoxy) is 3. The van der Waals surface area contributed by atoms with Crippen molar-refractivity contribution >= 4 is 0 Å². The zero-order valence-electron chi connectivity index (χ0n) is 19.3. The summed E-state index contributed by atoms with van der Waals surface area (Å²) in [5.74, 6) is 2.23. The van der Waals surface area contributed by atoms with E-state index < -0.39 is 5.60 Å². The SMILES string of the molecule is COc1ccc(CN2CCC(O)(COc3ccc(C)cc3)CC2)cc1OCCn1cnnc1. The van der Waals surface area contributed by atoms with Crippen LogP contribution in [0.3, 0.4) is 0 Å². The van der Waals surface area contributed by atoms with Gasteiger partial charge in [0.25, 0.3) is 0 Å². The number of benzene rings is 2. The molecule has 0 aliphatic carbocycles. The molecule has 3 aromatic rings. The van der Waals surface area contributed by atoms with E-state index in [1.807, 2.05) is 47.9 Å². The number of aromatic nitrogens is 3. The van der Waals surface area contributed by atoms with E-state index in [1.54, 1.807) is 19.8 Å². The lowest BCUT2D eigenvalue weighted by molar-refractivity contribution is -0.0537. The van der Waals surface area contributed by atoms with Crippen LogP contribution < -0.4 is 14.2 Å². The second kappa shape index (κ2) is 10.7. The molecule has 0 saturated carbocycles. The molecule has 4 rings (SSSR count). The van der Waals surface area contributed by atoms with Crippen LogP contribution in [-0.2, 0) is 13.1 Å². The molecule has 8 nitrogen and oxygen atoms in total. The van der Waals surface area contributed by atoms with Gasteiger partial charge in [-0.25, -0.2) is 0 Å². The van der Waals surface area contributed by atoms with Crippen LogP contribution in [0, 0.1) is 6.92 Å². The number of rotatable bonds is 10. The summed E-state index contributed by atoms with van der Waals surface area (Å²) in [4.78, 5) is 2.35. The highest BCUT2D eigenvalue weighted by Crippen LogP contribution is 2.30. The van der Waals surface area contributed by atoms with Gasteiger partial charge in [0.2, 0.25) is 0 Å². The number of piperidine rings is 1. The molecule has 0 amide bonds. The molecular weight excluding hydrogens is 420 g/mol. The molecule has 0 atom stereocenters. The lowest BCUT2D eigenvalue weighted by Crippen LogP contribution is -2.47. The van der Waals surface area contributed by atoms with Crippen molar-refractivity contribution in [3.05, 3.63) is 66.2 Å². The Kier molecular flexibility index (Phi) is 7.47. The maximum absolute atomic E-state index is 11.0. The van der Waals surface area contributed by atoms with Gasteiger partial charge in [-0.05, 0) is 49.6 Å². The van der Waals surface area contributed by atoms with Crippen molar-refractivity contribution in [1.82, 2.24) is 19.7 Å². The van der Waals surface area contributed by atoms with Gasteiger partial charge in [-0.1, -0.05) is 23.8 Å². The van der Waals surface area contributed by atoms with E-state index in [1.165, 1.54) is 5.56 Å². The van der Waals surface area contributed by atoms with E-state index in [4.69, 9.17) is 14.2 Å². The summed E-state index contributed by atoms with van der Waals surface area (Å²) in [6.45, 7) is 5.93. The summed E-state index contributed by atoms with van der Waals surface area (Å²) >= 11 is 0. The number of aryl methyl sites for hydroxylation is 1. The number of aliphatic hydroxyl groups is 1. The van der Waals surface area contributed by atoms with Crippen molar-refractivity contribution in [2.45, 2.75) is 38.5 Å². The fourth-order valence-electron chi connectivity index (χ4n) is 3.91. The highest BCUT2D eigenvalue weighted by molar-refractivity contribution is 5.43. The number of hydrogen-bond donors (Lipinski definition) is 1. The first-order valence-corrected chi connectivity index (χ1v) is 11.3. The van der Waals surface area contributed by atoms with Gasteiger partial charge in [0.15, 0.2) is 11.5 Å². The molecular formula is C25H32N4O4. The van der Waals surface area contributed by atoms with Crippen LogP contribution in [0.25, 0.3) is 0 Å². The Morgan fingerprint density at radius 1 is 0.970 bits per heavy atom. The van der Waals surface area contributed by atoms with Crippen LogP contribution in [0.4, 0.5) is 0 Å². The van der Waals surface area contributed by atoms with E-state index >= 15 is 0 Å². The Morgan fingerprint density at radius 2 is 1.70 bits per heavy atom. The fourth-order valence-corrected chi connectivity index (χ4v) is 3.91. The van der Waals surface area contributed by atoms with Crippen LogP contribution in [0.1, 0.15) is 24.0 Å². The van der Waals surface area contributed by atoms with Gasteiger partial charge in [0.1, 0.15) is 37.2 Å². The minimum absolute atomic E-state index is 0.316. The maximum atomic E-state index is 11.0. The predicted molar refractivity (Wildman–Crippen MR) is 125 cm³/mol. The molecule has 2 heterocycles.